The lowest BCUT2D eigenvalue weighted by Gasteiger charge is -2.29. The fourth-order valence-corrected chi connectivity index (χ4v) is 3.68. The summed E-state index contributed by atoms with van der Waals surface area (Å²) in [7, 11) is 1.28. The van der Waals surface area contributed by atoms with Crippen molar-refractivity contribution in [1.82, 2.24) is 14.5 Å². The Hall–Kier alpha value is -3.39. The van der Waals surface area contributed by atoms with Crippen molar-refractivity contribution in [2.45, 2.75) is 25.0 Å². The number of rotatable bonds is 5. The molecule has 3 aromatic rings. The number of pyridine rings is 1. The van der Waals surface area contributed by atoms with Crippen molar-refractivity contribution < 1.29 is 18.7 Å². The lowest BCUT2D eigenvalue weighted by Crippen LogP contribution is -2.30. The average Bonchev–Trinajstić information content (AvgIpc) is 3.27. The smallest absolute Gasteiger partial charge is 0.341 e. The maximum Gasteiger partial charge on any atom is 0.341 e. The molecule has 30 heavy (non-hydrogen) atoms. The van der Waals surface area contributed by atoms with Crippen molar-refractivity contribution in [2.75, 3.05) is 13.7 Å². The van der Waals surface area contributed by atoms with Gasteiger partial charge in [0.15, 0.2) is 0 Å². The van der Waals surface area contributed by atoms with Gasteiger partial charge in [-0.3, -0.25) is 4.79 Å². The van der Waals surface area contributed by atoms with Gasteiger partial charge in [0, 0.05) is 31.3 Å². The van der Waals surface area contributed by atoms with E-state index in [9.17, 15) is 14.0 Å². The molecule has 0 spiro atoms. The zero-order valence-corrected chi connectivity index (χ0v) is 16.4. The van der Waals surface area contributed by atoms with Crippen LogP contribution in [0.25, 0.3) is 0 Å². The van der Waals surface area contributed by atoms with Gasteiger partial charge in [0.2, 0.25) is 0 Å². The van der Waals surface area contributed by atoms with E-state index >= 15 is 0 Å². The SMILES string of the molecule is COC(=O)c1cnc(Cn2ccc(C3(c4ccc(F)cc4)CCCO3)cc2=O)nc1. The van der Waals surface area contributed by atoms with Crippen LogP contribution in [0.3, 0.4) is 0 Å². The second kappa shape index (κ2) is 8.16. The molecule has 0 aliphatic carbocycles. The number of carbonyl (C=O) groups is 1. The highest BCUT2D eigenvalue weighted by atomic mass is 19.1. The summed E-state index contributed by atoms with van der Waals surface area (Å²) in [6.45, 7) is 0.728. The van der Waals surface area contributed by atoms with Crippen LogP contribution >= 0.6 is 0 Å². The Labute approximate surface area is 172 Å². The Bertz CT molecular complexity index is 1100. The van der Waals surface area contributed by atoms with E-state index < -0.39 is 11.6 Å². The van der Waals surface area contributed by atoms with Gasteiger partial charge in [-0.05, 0) is 42.2 Å². The van der Waals surface area contributed by atoms with Crippen LogP contribution in [0, 0.1) is 5.82 Å². The van der Waals surface area contributed by atoms with Gasteiger partial charge in [-0.15, -0.1) is 0 Å². The summed E-state index contributed by atoms with van der Waals surface area (Å²) in [4.78, 5) is 32.5. The first kappa shape index (κ1) is 19.9. The van der Waals surface area contributed by atoms with Gasteiger partial charge < -0.3 is 14.0 Å². The fourth-order valence-electron chi connectivity index (χ4n) is 3.68. The van der Waals surface area contributed by atoms with Gasteiger partial charge in [-0.25, -0.2) is 19.2 Å². The number of aromatic nitrogens is 3. The summed E-state index contributed by atoms with van der Waals surface area (Å²) in [5.74, 6) is -0.450. The van der Waals surface area contributed by atoms with Crippen LogP contribution in [0.5, 0.6) is 0 Å². The molecule has 1 atom stereocenters. The first-order valence-electron chi connectivity index (χ1n) is 9.52. The Morgan fingerprint density at radius 1 is 1.20 bits per heavy atom. The lowest BCUT2D eigenvalue weighted by molar-refractivity contribution is 0.0357. The summed E-state index contributed by atoms with van der Waals surface area (Å²) >= 11 is 0. The Kier molecular flexibility index (Phi) is 5.41. The molecule has 154 valence electrons. The van der Waals surface area contributed by atoms with Crippen LogP contribution in [0.1, 0.15) is 40.2 Å². The second-order valence-electron chi connectivity index (χ2n) is 7.05. The molecular weight excluding hydrogens is 389 g/mol. The topological polar surface area (TPSA) is 83.3 Å². The molecule has 3 heterocycles. The van der Waals surface area contributed by atoms with Crippen molar-refractivity contribution in [3.8, 4) is 0 Å². The first-order chi connectivity index (χ1) is 14.5. The molecule has 0 radical (unpaired) electrons. The predicted molar refractivity (Wildman–Crippen MR) is 106 cm³/mol. The summed E-state index contributed by atoms with van der Waals surface area (Å²) in [5.41, 5.74) is 0.800. The van der Waals surface area contributed by atoms with Crippen LogP contribution in [0.4, 0.5) is 4.39 Å². The molecule has 4 rings (SSSR count). The minimum atomic E-state index is -0.759. The highest BCUT2D eigenvalue weighted by molar-refractivity contribution is 5.88. The third-order valence-corrected chi connectivity index (χ3v) is 5.23. The number of esters is 1. The zero-order valence-electron chi connectivity index (χ0n) is 16.4. The highest BCUT2D eigenvalue weighted by Gasteiger charge is 2.39. The molecule has 1 unspecified atom stereocenters. The largest absolute Gasteiger partial charge is 0.465 e. The van der Waals surface area contributed by atoms with E-state index in [0.717, 1.165) is 17.5 Å². The Balaban J connectivity index is 1.61. The molecule has 0 N–H and O–H groups in total. The number of methoxy groups -OCH3 is 1. The number of hydrogen-bond donors (Lipinski definition) is 0. The number of benzene rings is 1. The molecule has 1 fully saturated rings. The minimum Gasteiger partial charge on any atom is -0.465 e. The molecule has 0 amide bonds. The van der Waals surface area contributed by atoms with Gasteiger partial charge in [0.05, 0.1) is 19.2 Å². The van der Waals surface area contributed by atoms with Crippen molar-refractivity contribution >= 4 is 5.97 Å². The van der Waals surface area contributed by atoms with E-state index in [1.807, 2.05) is 6.07 Å². The van der Waals surface area contributed by atoms with Crippen molar-refractivity contribution in [2.24, 2.45) is 0 Å². The fraction of sp³-hybridized carbons (Fsp3) is 0.273. The van der Waals surface area contributed by atoms with Crippen LogP contribution in [-0.2, 0) is 21.6 Å². The lowest BCUT2D eigenvalue weighted by atomic mass is 9.84. The van der Waals surface area contributed by atoms with Crippen LogP contribution in [0.2, 0.25) is 0 Å². The molecule has 1 saturated heterocycles. The minimum absolute atomic E-state index is 0.158. The van der Waals surface area contributed by atoms with E-state index in [0.29, 0.717) is 18.9 Å². The molecule has 1 aromatic carbocycles. The molecule has 0 saturated carbocycles. The number of nitrogens with zero attached hydrogens (tertiary/aromatic N) is 3. The standard InChI is InChI=1S/C22H20FN3O4/c1-29-21(28)15-12-24-19(25-13-15)14-26-9-7-17(11-20(26)27)22(8-2-10-30-22)16-3-5-18(23)6-4-16/h3-7,9,11-13H,2,8,10,14H2,1H3. The molecule has 0 bridgehead atoms. The van der Waals surface area contributed by atoms with E-state index in [-0.39, 0.29) is 23.5 Å². The number of halogens is 1. The van der Waals surface area contributed by atoms with Gasteiger partial charge in [-0.2, -0.15) is 0 Å². The maximum absolute atomic E-state index is 13.4. The number of carbonyl (C=O) groups excluding carboxylic acids is 1. The first-order valence-corrected chi connectivity index (χ1v) is 9.52. The van der Waals surface area contributed by atoms with E-state index in [1.165, 1.54) is 42.3 Å². The number of ether oxygens (including phenoxy) is 2. The van der Waals surface area contributed by atoms with Crippen LogP contribution < -0.4 is 5.56 Å². The van der Waals surface area contributed by atoms with Crippen molar-refractivity contribution in [3.05, 3.63) is 93.7 Å². The highest BCUT2D eigenvalue weighted by Crippen LogP contribution is 2.41. The van der Waals surface area contributed by atoms with Crippen LogP contribution in [0.15, 0.2) is 59.8 Å². The third kappa shape index (κ3) is 3.73. The molecular formula is C22H20FN3O4. The van der Waals surface area contributed by atoms with Crippen molar-refractivity contribution in [1.29, 1.82) is 0 Å². The van der Waals surface area contributed by atoms with Gasteiger partial charge >= 0.3 is 5.97 Å². The van der Waals surface area contributed by atoms with E-state index in [2.05, 4.69) is 14.7 Å². The zero-order chi connectivity index (χ0) is 21.1. The molecule has 2 aromatic heterocycles. The predicted octanol–water partition coefficient (Wildman–Crippen LogP) is 2.67. The van der Waals surface area contributed by atoms with E-state index in [1.54, 1.807) is 18.3 Å². The Morgan fingerprint density at radius 3 is 2.53 bits per heavy atom. The number of hydrogen-bond acceptors (Lipinski definition) is 6. The monoisotopic (exact) mass is 409 g/mol. The van der Waals surface area contributed by atoms with Gasteiger partial charge in [0.1, 0.15) is 17.2 Å². The second-order valence-corrected chi connectivity index (χ2v) is 7.05. The van der Waals surface area contributed by atoms with Crippen molar-refractivity contribution in [3.63, 3.8) is 0 Å². The molecule has 1 aliphatic heterocycles. The molecule has 7 nitrogen and oxygen atoms in total. The summed E-state index contributed by atoms with van der Waals surface area (Å²) in [5, 5.41) is 0. The van der Waals surface area contributed by atoms with Gasteiger partial charge in [0.25, 0.3) is 5.56 Å². The maximum atomic E-state index is 13.4. The normalized spacial score (nSPS) is 18.3. The van der Waals surface area contributed by atoms with Gasteiger partial charge in [-0.1, -0.05) is 12.1 Å². The quantitative estimate of drug-likeness (QED) is 0.603. The molecule has 1 aliphatic rings. The summed E-state index contributed by atoms with van der Waals surface area (Å²) in [6, 6.07) is 9.56. The average molecular weight is 409 g/mol. The van der Waals surface area contributed by atoms with Crippen LogP contribution in [-0.4, -0.2) is 34.2 Å². The Morgan fingerprint density at radius 2 is 1.93 bits per heavy atom. The summed E-state index contributed by atoms with van der Waals surface area (Å²) in [6.07, 6.45) is 5.95. The molecule has 8 heteroatoms. The summed E-state index contributed by atoms with van der Waals surface area (Å²) < 4.78 is 25.6. The third-order valence-electron chi connectivity index (χ3n) is 5.23. The van der Waals surface area contributed by atoms with E-state index in [4.69, 9.17) is 4.74 Å².